The first-order valence-electron chi connectivity index (χ1n) is 5.66. The van der Waals surface area contributed by atoms with Gasteiger partial charge in [-0.2, -0.15) is 0 Å². The van der Waals surface area contributed by atoms with E-state index in [1.807, 2.05) is 32.2 Å². The van der Waals surface area contributed by atoms with Crippen LogP contribution in [0.3, 0.4) is 0 Å². The molecule has 0 amide bonds. The Kier molecular flexibility index (Phi) is 4.23. The summed E-state index contributed by atoms with van der Waals surface area (Å²) in [5.41, 5.74) is 3.14. The van der Waals surface area contributed by atoms with Gasteiger partial charge in [-0.3, -0.25) is 4.98 Å². The fraction of sp³-hybridized carbons (Fsp3) is 0.214. The van der Waals surface area contributed by atoms with E-state index in [0.29, 0.717) is 5.02 Å². The first-order valence-corrected chi connectivity index (χ1v) is 6.42. The maximum absolute atomic E-state index is 6.18. The highest BCUT2D eigenvalue weighted by Gasteiger charge is 2.15. The Bertz CT molecular complexity index is 555. The van der Waals surface area contributed by atoms with Crippen molar-refractivity contribution in [2.45, 2.75) is 13.0 Å². The van der Waals surface area contributed by atoms with E-state index >= 15 is 0 Å². The highest BCUT2D eigenvalue weighted by atomic mass is 35.5. The van der Waals surface area contributed by atoms with Gasteiger partial charge in [0.05, 0.1) is 11.1 Å². The molecule has 1 atom stereocenters. The Morgan fingerprint density at radius 3 is 2.56 bits per heavy atom. The van der Waals surface area contributed by atoms with Gasteiger partial charge in [-0.25, -0.2) is 0 Å². The molecule has 1 N–H and O–H groups in total. The molecule has 94 valence electrons. The summed E-state index contributed by atoms with van der Waals surface area (Å²) in [6.07, 6.45) is 3.39. The third kappa shape index (κ3) is 2.66. The Labute approximate surface area is 117 Å². The zero-order chi connectivity index (χ0) is 13.1. The van der Waals surface area contributed by atoms with E-state index in [9.17, 15) is 0 Å². The smallest absolute Gasteiger partial charge is 0.0640 e. The quantitative estimate of drug-likeness (QED) is 0.919. The molecule has 0 saturated carbocycles. The zero-order valence-electron chi connectivity index (χ0n) is 10.2. The number of nitrogens with one attached hydrogen (secondary N) is 1. The minimum absolute atomic E-state index is 0.0126. The Balaban J connectivity index is 2.45. The molecule has 0 aliphatic heterocycles. The van der Waals surface area contributed by atoms with Crippen molar-refractivity contribution in [2.24, 2.45) is 0 Å². The van der Waals surface area contributed by atoms with Gasteiger partial charge in [0, 0.05) is 17.4 Å². The second kappa shape index (κ2) is 5.70. The summed E-state index contributed by atoms with van der Waals surface area (Å²) in [4.78, 5) is 4.00. The Hall–Kier alpha value is -1.09. The van der Waals surface area contributed by atoms with Gasteiger partial charge < -0.3 is 5.32 Å². The average molecular weight is 281 g/mol. The van der Waals surface area contributed by atoms with Gasteiger partial charge in [0.1, 0.15) is 0 Å². The highest BCUT2D eigenvalue weighted by molar-refractivity contribution is 6.31. The van der Waals surface area contributed by atoms with E-state index in [-0.39, 0.29) is 6.04 Å². The van der Waals surface area contributed by atoms with Crippen LogP contribution >= 0.6 is 23.2 Å². The SMILES string of the molecule is CNC(c1ccc(C)c(Cl)c1)c1ccncc1Cl. The lowest BCUT2D eigenvalue weighted by Gasteiger charge is -2.19. The van der Waals surface area contributed by atoms with Crippen LogP contribution < -0.4 is 5.32 Å². The van der Waals surface area contributed by atoms with Crippen molar-refractivity contribution in [3.63, 3.8) is 0 Å². The summed E-state index contributed by atoms with van der Waals surface area (Å²) >= 11 is 12.4. The fourth-order valence-corrected chi connectivity index (χ4v) is 2.33. The van der Waals surface area contributed by atoms with Crippen LogP contribution in [0, 0.1) is 6.92 Å². The van der Waals surface area contributed by atoms with Gasteiger partial charge in [0.15, 0.2) is 0 Å². The van der Waals surface area contributed by atoms with Crippen LogP contribution in [0.25, 0.3) is 0 Å². The Morgan fingerprint density at radius 1 is 1.17 bits per heavy atom. The molecule has 0 spiro atoms. The van der Waals surface area contributed by atoms with Crippen molar-refractivity contribution in [2.75, 3.05) is 7.05 Å². The van der Waals surface area contributed by atoms with Crippen LogP contribution in [-0.2, 0) is 0 Å². The van der Waals surface area contributed by atoms with E-state index in [0.717, 1.165) is 21.7 Å². The second-order valence-electron chi connectivity index (χ2n) is 4.13. The molecule has 0 saturated heterocycles. The normalized spacial score (nSPS) is 12.4. The number of aryl methyl sites for hydroxylation is 1. The molecule has 4 heteroatoms. The van der Waals surface area contributed by atoms with Crippen LogP contribution in [0.4, 0.5) is 0 Å². The molecule has 1 aromatic carbocycles. The first-order chi connectivity index (χ1) is 8.63. The van der Waals surface area contributed by atoms with Crippen LogP contribution in [0.5, 0.6) is 0 Å². The van der Waals surface area contributed by atoms with Crippen molar-refractivity contribution < 1.29 is 0 Å². The van der Waals surface area contributed by atoms with Crippen LogP contribution in [0.15, 0.2) is 36.7 Å². The number of hydrogen-bond acceptors (Lipinski definition) is 2. The van der Waals surface area contributed by atoms with Crippen molar-refractivity contribution in [3.8, 4) is 0 Å². The number of aromatic nitrogens is 1. The number of rotatable bonds is 3. The summed E-state index contributed by atoms with van der Waals surface area (Å²) in [6.45, 7) is 1.99. The van der Waals surface area contributed by atoms with Crippen molar-refractivity contribution in [1.29, 1.82) is 0 Å². The molecular formula is C14H14Cl2N2. The lowest BCUT2D eigenvalue weighted by Crippen LogP contribution is -2.18. The molecule has 1 aromatic heterocycles. The summed E-state index contributed by atoms with van der Waals surface area (Å²) < 4.78 is 0. The molecule has 0 bridgehead atoms. The lowest BCUT2D eigenvalue weighted by molar-refractivity contribution is 0.691. The molecule has 2 rings (SSSR count). The minimum atomic E-state index is 0.0126. The number of nitrogens with zero attached hydrogens (tertiary/aromatic N) is 1. The number of benzene rings is 1. The van der Waals surface area contributed by atoms with Crippen LogP contribution in [0.2, 0.25) is 10.0 Å². The number of halogens is 2. The molecule has 0 radical (unpaired) electrons. The summed E-state index contributed by atoms with van der Waals surface area (Å²) in [5, 5.41) is 4.66. The van der Waals surface area contributed by atoms with Crippen molar-refractivity contribution in [1.82, 2.24) is 10.3 Å². The van der Waals surface area contributed by atoms with Gasteiger partial charge in [-0.1, -0.05) is 35.3 Å². The molecule has 1 heterocycles. The lowest BCUT2D eigenvalue weighted by atomic mass is 9.99. The maximum Gasteiger partial charge on any atom is 0.0640 e. The van der Waals surface area contributed by atoms with E-state index in [4.69, 9.17) is 23.2 Å². The zero-order valence-corrected chi connectivity index (χ0v) is 11.8. The van der Waals surface area contributed by atoms with Gasteiger partial charge >= 0.3 is 0 Å². The molecular weight excluding hydrogens is 267 g/mol. The van der Waals surface area contributed by atoms with Gasteiger partial charge in [0.25, 0.3) is 0 Å². The molecule has 0 aliphatic carbocycles. The Morgan fingerprint density at radius 2 is 1.94 bits per heavy atom. The van der Waals surface area contributed by atoms with E-state index in [2.05, 4.69) is 16.4 Å². The molecule has 1 unspecified atom stereocenters. The van der Waals surface area contributed by atoms with E-state index in [1.54, 1.807) is 12.4 Å². The summed E-state index contributed by atoms with van der Waals surface area (Å²) in [7, 11) is 1.90. The maximum atomic E-state index is 6.18. The topological polar surface area (TPSA) is 24.9 Å². The third-order valence-electron chi connectivity index (χ3n) is 2.93. The highest BCUT2D eigenvalue weighted by Crippen LogP contribution is 2.29. The largest absolute Gasteiger partial charge is 0.309 e. The summed E-state index contributed by atoms with van der Waals surface area (Å²) in [5.74, 6) is 0. The van der Waals surface area contributed by atoms with Gasteiger partial charge in [-0.15, -0.1) is 0 Å². The molecule has 18 heavy (non-hydrogen) atoms. The predicted molar refractivity (Wildman–Crippen MR) is 76.3 cm³/mol. The molecule has 0 aliphatic rings. The van der Waals surface area contributed by atoms with Crippen molar-refractivity contribution >= 4 is 23.2 Å². The minimum Gasteiger partial charge on any atom is -0.309 e. The molecule has 2 nitrogen and oxygen atoms in total. The van der Waals surface area contributed by atoms with Crippen molar-refractivity contribution in [3.05, 3.63) is 63.4 Å². The standard InChI is InChI=1S/C14H14Cl2N2/c1-9-3-4-10(7-12(9)15)14(17-2)11-5-6-18-8-13(11)16/h3-8,14,17H,1-2H3. The molecule has 0 fully saturated rings. The molecule has 2 aromatic rings. The summed E-state index contributed by atoms with van der Waals surface area (Å²) in [6, 6.07) is 7.96. The van der Waals surface area contributed by atoms with Crippen LogP contribution in [-0.4, -0.2) is 12.0 Å². The van der Waals surface area contributed by atoms with Crippen LogP contribution in [0.1, 0.15) is 22.7 Å². The predicted octanol–water partition coefficient (Wildman–Crippen LogP) is 4.01. The van der Waals surface area contributed by atoms with E-state index in [1.165, 1.54) is 0 Å². The number of hydrogen-bond donors (Lipinski definition) is 1. The average Bonchev–Trinajstić information content (AvgIpc) is 2.37. The second-order valence-corrected chi connectivity index (χ2v) is 4.94. The fourth-order valence-electron chi connectivity index (χ4n) is 1.91. The number of pyridine rings is 1. The van der Waals surface area contributed by atoms with Gasteiger partial charge in [0.2, 0.25) is 0 Å². The third-order valence-corrected chi connectivity index (χ3v) is 3.66. The first kappa shape index (κ1) is 13.3. The van der Waals surface area contributed by atoms with Gasteiger partial charge in [-0.05, 0) is 42.8 Å². The van der Waals surface area contributed by atoms with E-state index < -0.39 is 0 Å². The monoisotopic (exact) mass is 280 g/mol.